The molecule has 0 aliphatic heterocycles. The van der Waals surface area contributed by atoms with Gasteiger partial charge in [0, 0.05) is 6.61 Å². The second kappa shape index (κ2) is 7.88. The van der Waals surface area contributed by atoms with Gasteiger partial charge in [-0.3, -0.25) is 0 Å². The summed E-state index contributed by atoms with van der Waals surface area (Å²) in [5.41, 5.74) is -0.558. The van der Waals surface area contributed by atoms with E-state index in [2.05, 4.69) is 10.6 Å². The number of ether oxygens (including phenoxy) is 2. The molecule has 0 bridgehead atoms. The minimum Gasteiger partial charge on any atom is -0.475 e. The van der Waals surface area contributed by atoms with Crippen LogP contribution < -0.4 is 10.6 Å². The number of rotatable bonds is 7. The second-order valence-electron chi connectivity index (χ2n) is 6.96. The predicted octanol–water partition coefficient (Wildman–Crippen LogP) is 2.14. The topological polar surface area (TPSA) is 110 Å². The number of alkyl carbamates (subject to hydrolysis) is 1. The monoisotopic (exact) mass is 354 g/mol. The van der Waals surface area contributed by atoms with Crippen LogP contribution in [-0.2, 0) is 16.0 Å². The Labute approximate surface area is 146 Å². The Morgan fingerprint density at radius 2 is 2.08 bits per heavy atom. The average molecular weight is 354 g/mol. The summed E-state index contributed by atoms with van der Waals surface area (Å²) in [7, 11) is 0. The highest BCUT2D eigenvalue weighted by Crippen LogP contribution is 2.25. The third kappa shape index (κ3) is 5.47. The molecule has 0 radical (unpaired) electrons. The molecule has 25 heavy (non-hydrogen) atoms. The molecular formula is C17H26N2O6. The van der Waals surface area contributed by atoms with Gasteiger partial charge in [-0.25, -0.2) is 9.59 Å². The van der Waals surface area contributed by atoms with Crippen molar-refractivity contribution in [3.8, 4) is 0 Å². The molecule has 1 aromatic rings. The second-order valence-corrected chi connectivity index (χ2v) is 6.96. The largest absolute Gasteiger partial charge is 0.475 e. The van der Waals surface area contributed by atoms with E-state index in [0.717, 1.165) is 0 Å². The van der Waals surface area contributed by atoms with Crippen molar-refractivity contribution in [3.63, 3.8) is 0 Å². The number of aromatic carboxylic acids is 1. The first-order valence-corrected chi connectivity index (χ1v) is 8.36. The summed E-state index contributed by atoms with van der Waals surface area (Å²) in [6, 6.07) is 2.80. The third-order valence-electron chi connectivity index (χ3n) is 3.79. The van der Waals surface area contributed by atoms with Crippen LogP contribution in [0.1, 0.15) is 50.4 Å². The molecule has 1 aliphatic carbocycles. The summed E-state index contributed by atoms with van der Waals surface area (Å²) < 4.78 is 16.2. The van der Waals surface area contributed by atoms with Crippen molar-refractivity contribution < 1.29 is 28.6 Å². The molecule has 2 rings (SSSR count). The molecule has 3 unspecified atom stereocenters. The Morgan fingerprint density at radius 3 is 2.64 bits per heavy atom. The Hall–Kier alpha value is -2.06. The lowest BCUT2D eigenvalue weighted by molar-refractivity contribution is -0.0442. The van der Waals surface area contributed by atoms with E-state index in [1.54, 1.807) is 6.07 Å². The molecule has 1 aliphatic rings. The molecule has 8 nitrogen and oxygen atoms in total. The molecule has 3 atom stereocenters. The van der Waals surface area contributed by atoms with Gasteiger partial charge in [0.25, 0.3) is 0 Å². The van der Waals surface area contributed by atoms with Crippen molar-refractivity contribution in [2.24, 2.45) is 0 Å². The SMILES string of the molecule is CCOC1CC(NC(=O)OC(C)(C)C)C1NCc1ccc(C(=O)O)o1. The lowest BCUT2D eigenvalue weighted by Gasteiger charge is -2.44. The van der Waals surface area contributed by atoms with Gasteiger partial charge >= 0.3 is 12.1 Å². The highest BCUT2D eigenvalue weighted by molar-refractivity contribution is 5.84. The summed E-state index contributed by atoms with van der Waals surface area (Å²) in [6.07, 6.45) is 0.188. The van der Waals surface area contributed by atoms with Crippen molar-refractivity contribution in [1.82, 2.24) is 10.6 Å². The predicted molar refractivity (Wildman–Crippen MR) is 89.5 cm³/mol. The molecular weight excluding hydrogens is 328 g/mol. The van der Waals surface area contributed by atoms with E-state index in [4.69, 9.17) is 19.0 Å². The lowest BCUT2D eigenvalue weighted by Crippen LogP contribution is -2.66. The number of carboxylic acid groups (broad SMARTS) is 1. The van der Waals surface area contributed by atoms with Crippen LogP contribution in [0.15, 0.2) is 16.5 Å². The van der Waals surface area contributed by atoms with Gasteiger partial charge in [0.2, 0.25) is 5.76 Å². The van der Waals surface area contributed by atoms with E-state index in [0.29, 0.717) is 25.3 Å². The smallest absolute Gasteiger partial charge is 0.407 e. The summed E-state index contributed by atoms with van der Waals surface area (Å²) in [5, 5.41) is 15.0. The van der Waals surface area contributed by atoms with Crippen LogP contribution in [0, 0.1) is 0 Å². The number of carbonyl (C=O) groups is 2. The van der Waals surface area contributed by atoms with Crippen LogP contribution in [0.4, 0.5) is 4.79 Å². The zero-order chi connectivity index (χ0) is 18.6. The average Bonchev–Trinajstić information content (AvgIpc) is 2.93. The molecule has 1 heterocycles. The van der Waals surface area contributed by atoms with Crippen molar-refractivity contribution in [2.75, 3.05) is 6.61 Å². The maximum Gasteiger partial charge on any atom is 0.407 e. The molecule has 1 aromatic heterocycles. The Balaban J connectivity index is 1.90. The summed E-state index contributed by atoms with van der Waals surface area (Å²) >= 11 is 0. The fraction of sp³-hybridized carbons (Fsp3) is 0.647. The molecule has 1 fully saturated rings. The van der Waals surface area contributed by atoms with Gasteiger partial charge in [0.15, 0.2) is 0 Å². The Bertz CT molecular complexity index is 607. The molecule has 1 saturated carbocycles. The van der Waals surface area contributed by atoms with Crippen LogP contribution in [-0.4, -0.2) is 47.6 Å². The van der Waals surface area contributed by atoms with Gasteiger partial charge in [0.1, 0.15) is 11.4 Å². The first kappa shape index (κ1) is 19.3. The molecule has 8 heteroatoms. The minimum atomic E-state index is -1.11. The normalized spacial score (nSPS) is 23.0. The number of amides is 1. The van der Waals surface area contributed by atoms with Gasteiger partial charge in [-0.2, -0.15) is 0 Å². The van der Waals surface area contributed by atoms with Crippen molar-refractivity contribution in [3.05, 3.63) is 23.7 Å². The number of hydrogen-bond donors (Lipinski definition) is 3. The summed E-state index contributed by atoms with van der Waals surface area (Å²) in [5.74, 6) is -0.697. The fourth-order valence-corrected chi connectivity index (χ4v) is 2.68. The van der Waals surface area contributed by atoms with Crippen LogP contribution >= 0.6 is 0 Å². The maximum atomic E-state index is 11.9. The number of carboxylic acids is 1. The molecule has 0 spiro atoms. The zero-order valence-corrected chi connectivity index (χ0v) is 15.0. The van der Waals surface area contributed by atoms with Crippen molar-refractivity contribution >= 4 is 12.1 Å². The van der Waals surface area contributed by atoms with E-state index < -0.39 is 17.7 Å². The van der Waals surface area contributed by atoms with E-state index >= 15 is 0 Å². The van der Waals surface area contributed by atoms with Gasteiger partial charge in [0.05, 0.1) is 24.7 Å². The molecule has 140 valence electrons. The van der Waals surface area contributed by atoms with Crippen LogP contribution in [0.5, 0.6) is 0 Å². The van der Waals surface area contributed by atoms with Crippen LogP contribution in [0.3, 0.4) is 0 Å². The quantitative estimate of drug-likeness (QED) is 0.688. The lowest BCUT2D eigenvalue weighted by atomic mass is 9.82. The fourth-order valence-electron chi connectivity index (χ4n) is 2.68. The van der Waals surface area contributed by atoms with Crippen LogP contribution in [0.25, 0.3) is 0 Å². The molecule has 0 saturated heterocycles. The maximum absolute atomic E-state index is 11.9. The minimum absolute atomic E-state index is 0.0288. The van der Waals surface area contributed by atoms with E-state index in [1.807, 2.05) is 27.7 Å². The highest BCUT2D eigenvalue weighted by Gasteiger charge is 2.43. The number of furan rings is 1. The van der Waals surface area contributed by atoms with Crippen molar-refractivity contribution in [1.29, 1.82) is 0 Å². The number of hydrogen-bond acceptors (Lipinski definition) is 6. The molecule has 3 N–H and O–H groups in total. The van der Waals surface area contributed by atoms with Crippen molar-refractivity contribution in [2.45, 2.75) is 64.4 Å². The number of nitrogens with one attached hydrogen (secondary N) is 2. The van der Waals surface area contributed by atoms with Crippen LogP contribution in [0.2, 0.25) is 0 Å². The van der Waals surface area contributed by atoms with Gasteiger partial charge in [-0.05, 0) is 46.2 Å². The zero-order valence-electron chi connectivity index (χ0n) is 15.0. The van der Waals surface area contributed by atoms with Gasteiger partial charge in [-0.15, -0.1) is 0 Å². The van der Waals surface area contributed by atoms with Gasteiger partial charge in [-0.1, -0.05) is 0 Å². The summed E-state index contributed by atoms with van der Waals surface area (Å²) in [4.78, 5) is 22.8. The standard InChI is InChI=1S/C17H26N2O6/c1-5-23-13-8-11(19-16(22)25-17(2,3)4)14(13)18-9-10-6-7-12(24-10)15(20)21/h6-7,11,13-14,18H,5,8-9H2,1-4H3,(H,19,22)(H,20,21). The van der Waals surface area contributed by atoms with E-state index in [1.165, 1.54) is 6.07 Å². The Morgan fingerprint density at radius 1 is 1.36 bits per heavy atom. The van der Waals surface area contributed by atoms with E-state index in [-0.39, 0.29) is 23.9 Å². The first-order chi connectivity index (χ1) is 11.7. The Kier molecular flexibility index (Phi) is 6.07. The molecule has 1 amide bonds. The van der Waals surface area contributed by atoms with Gasteiger partial charge < -0.3 is 29.6 Å². The third-order valence-corrected chi connectivity index (χ3v) is 3.79. The summed E-state index contributed by atoms with van der Waals surface area (Å²) in [6.45, 7) is 8.26. The first-order valence-electron chi connectivity index (χ1n) is 8.36. The van der Waals surface area contributed by atoms with E-state index in [9.17, 15) is 9.59 Å². The highest BCUT2D eigenvalue weighted by atomic mass is 16.6. The number of carbonyl (C=O) groups excluding carboxylic acids is 1. The molecule has 0 aromatic carbocycles.